The molecule has 3 aromatic rings. The molecule has 0 aliphatic heterocycles. The number of primary amides is 1. The van der Waals surface area contributed by atoms with Crippen molar-refractivity contribution in [1.29, 1.82) is 0 Å². The molecule has 26 heavy (non-hydrogen) atoms. The van der Waals surface area contributed by atoms with Crippen LogP contribution in [-0.4, -0.2) is 17.2 Å². The van der Waals surface area contributed by atoms with Gasteiger partial charge in [0.2, 0.25) is 0 Å². The average Bonchev–Trinajstić information content (AvgIpc) is 2.90. The number of ether oxygens (including phenoxy) is 1. The van der Waals surface area contributed by atoms with Crippen LogP contribution < -0.4 is 5.73 Å². The summed E-state index contributed by atoms with van der Waals surface area (Å²) in [5, 5.41) is 0.435. The van der Waals surface area contributed by atoms with Gasteiger partial charge in [0.05, 0.1) is 11.2 Å². The highest BCUT2D eigenvalue weighted by Crippen LogP contribution is 2.46. The van der Waals surface area contributed by atoms with E-state index in [1.807, 2.05) is 0 Å². The minimum Gasteiger partial charge on any atom is -0.446 e. The van der Waals surface area contributed by atoms with Gasteiger partial charge in [-0.05, 0) is 60.2 Å². The zero-order chi connectivity index (χ0) is 18.4. The maximum Gasteiger partial charge on any atom is 0.404 e. The molecule has 1 heterocycles. The Labute approximate surface area is 146 Å². The van der Waals surface area contributed by atoms with Crippen molar-refractivity contribution in [1.82, 2.24) is 4.98 Å². The number of halogens is 3. The SMILES string of the molecule is NC(=O)OC1CC(c2c(-c3ccc(F)cc3)[nH]c3c(F)cc(F)cc23)C1. The van der Waals surface area contributed by atoms with Gasteiger partial charge in [-0.2, -0.15) is 0 Å². The number of aromatic nitrogens is 1. The molecule has 7 heteroatoms. The fourth-order valence-corrected chi connectivity index (χ4v) is 3.57. The van der Waals surface area contributed by atoms with E-state index in [2.05, 4.69) is 4.98 Å². The Morgan fingerprint density at radius 1 is 1.08 bits per heavy atom. The number of nitrogens with one attached hydrogen (secondary N) is 1. The molecule has 134 valence electrons. The van der Waals surface area contributed by atoms with E-state index in [0.717, 1.165) is 11.6 Å². The number of H-pyrrole nitrogens is 1. The summed E-state index contributed by atoms with van der Waals surface area (Å²) in [4.78, 5) is 13.9. The third kappa shape index (κ3) is 2.79. The molecular formula is C19H15F3N2O2. The normalized spacial score (nSPS) is 19.3. The summed E-state index contributed by atoms with van der Waals surface area (Å²) in [6, 6.07) is 7.86. The van der Waals surface area contributed by atoms with Crippen LogP contribution in [0.5, 0.6) is 0 Å². The first-order valence-electron chi connectivity index (χ1n) is 8.15. The molecule has 1 saturated carbocycles. The van der Waals surface area contributed by atoms with Crippen molar-refractivity contribution in [3.63, 3.8) is 0 Å². The van der Waals surface area contributed by atoms with Gasteiger partial charge in [-0.3, -0.25) is 0 Å². The highest BCUT2D eigenvalue weighted by molar-refractivity contribution is 5.92. The number of hydrogen-bond donors (Lipinski definition) is 2. The van der Waals surface area contributed by atoms with Gasteiger partial charge in [0, 0.05) is 11.5 Å². The van der Waals surface area contributed by atoms with Crippen molar-refractivity contribution in [2.45, 2.75) is 24.9 Å². The molecule has 2 aromatic carbocycles. The van der Waals surface area contributed by atoms with Crippen molar-refractivity contribution in [3.05, 3.63) is 59.4 Å². The van der Waals surface area contributed by atoms with Crippen LogP contribution in [0.1, 0.15) is 24.3 Å². The Hall–Kier alpha value is -2.96. The molecule has 0 saturated heterocycles. The number of benzene rings is 2. The lowest BCUT2D eigenvalue weighted by Crippen LogP contribution is -2.33. The molecule has 0 bridgehead atoms. The second-order valence-corrected chi connectivity index (χ2v) is 6.46. The molecule has 0 radical (unpaired) electrons. The van der Waals surface area contributed by atoms with Crippen molar-refractivity contribution in [3.8, 4) is 11.3 Å². The minimum atomic E-state index is -0.844. The summed E-state index contributed by atoms with van der Waals surface area (Å²) in [6.45, 7) is 0. The molecule has 1 amide bonds. The van der Waals surface area contributed by atoms with Crippen molar-refractivity contribution in [2.75, 3.05) is 0 Å². The maximum absolute atomic E-state index is 14.2. The lowest BCUT2D eigenvalue weighted by Gasteiger charge is -2.34. The van der Waals surface area contributed by atoms with Crippen LogP contribution in [-0.2, 0) is 4.74 Å². The Balaban J connectivity index is 1.82. The number of rotatable bonds is 3. The first-order valence-corrected chi connectivity index (χ1v) is 8.15. The van der Waals surface area contributed by atoms with Gasteiger partial charge >= 0.3 is 6.09 Å². The van der Waals surface area contributed by atoms with Gasteiger partial charge in [0.25, 0.3) is 0 Å². The Kier molecular flexibility index (Phi) is 3.86. The van der Waals surface area contributed by atoms with Crippen molar-refractivity contribution < 1.29 is 22.7 Å². The lowest BCUT2D eigenvalue weighted by atomic mass is 9.75. The first-order chi connectivity index (χ1) is 12.4. The van der Waals surface area contributed by atoms with E-state index in [1.54, 1.807) is 12.1 Å². The summed E-state index contributed by atoms with van der Waals surface area (Å²) in [6.07, 6.45) is -0.157. The second-order valence-electron chi connectivity index (χ2n) is 6.46. The van der Waals surface area contributed by atoms with Crippen LogP contribution in [0.25, 0.3) is 22.2 Å². The lowest BCUT2D eigenvalue weighted by molar-refractivity contribution is 0.0459. The number of hydrogen-bond acceptors (Lipinski definition) is 2. The van der Waals surface area contributed by atoms with Crippen LogP contribution in [0.3, 0.4) is 0 Å². The fourth-order valence-electron chi connectivity index (χ4n) is 3.57. The number of aromatic amines is 1. The van der Waals surface area contributed by atoms with E-state index in [1.165, 1.54) is 18.2 Å². The smallest absolute Gasteiger partial charge is 0.404 e. The van der Waals surface area contributed by atoms with Gasteiger partial charge in [-0.1, -0.05) is 0 Å². The van der Waals surface area contributed by atoms with Crippen LogP contribution >= 0.6 is 0 Å². The van der Waals surface area contributed by atoms with Crippen molar-refractivity contribution in [2.24, 2.45) is 5.73 Å². The summed E-state index contributed by atoms with van der Waals surface area (Å²) >= 11 is 0. The van der Waals surface area contributed by atoms with Gasteiger partial charge < -0.3 is 15.5 Å². The summed E-state index contributed by atoms with van der Waals surface area (Å²) in [5.74, 6) is -1.82. The highest BCUT2D eigenvalue weighted by Gasteiger charge is 2.36. The summed E-state index contributed by atoms with van der Waals surface area (Å²) in [5.41, 5.74) is 7.22. The maximum atomic E-state index is 14.2. The van der Waals surface area contributed by atoms with Crippen molar-refractivity contribution >= 4 is 17.0 Å². The molecule has 1 aromatic heterocycles. The topological polar surface area (TPSA) is 68.1 Å². The molecule has 4 nitrogen and oxygen atoms in total. The Morgan fingerprint density at radius 2 is 1.77 bits per heavy atom. The zero-order valence-corrected chi connectivity index (χ0v) is 13.6. The van der Waals surface area contributed by atoms with E-state index in [4.69, 9.17) is 10.5 Å². The fraction of sp³-hybridized carbons (Fsp3) is 0.211. The highest BCUT2D eigenvalue weighted by atomic mass is 19.1. The van der Waals surface area contributed by atoms with Crippen LogP contribution in [0.2, 0.25) is 0 Å². The largest absolute Gasteiger partial charge is 0.446 e. The standard InChI is InChI=1S/C19H15F3N2O2/c20-11-3-1-9(2-4-11)17-16(10-5-13(6-10)26-19(23)25)14-7-12(21)8-15(22)18(14)24-17/h1-4,7-8,10,13,24H,5-6H2,(H2,23,25). The number of carbonyl (C=O) groups is 1. The Bertz CT molecular complexity index is 992. The number of carbonyl (C=O) groups excluding carboxylic acids is 1. The summed E-state index contributed by atoms with van der Waals surface area (Å²) < 4.78 is 46.2. The molecule has 0 spiro atoms. The van der Waals surface area contributed by atoms with Gasteiger partial charge in [-0.25, -0.2) is 18.0 Å². The van der Waals surface area contributed by atoms with Crippen LogP contribution in [0.4, 0.5) is 18.0 Å². The molecule has 1 aliphatic carbocycles. The Morgan fingerprint density at radius 3 is 2.42 bits per heavy atom. The zero-order valence-electron chi connectivity index (χ0n) is 13.6. The van der Waals surface area contributed by atoms with E-state index in [0.29, 0.717) is 29.5 Å². The molecule has 3 N–H and O–H groups in total. The minimum absolute atomic E-state index is 0.0608. The monoisotopic (exact) mass is 360 g/mol. The van der Waals surface area contributed by atoms with Gasteiger partial charge in [0.15, 0.2) is 0 Å². The molecule has 0 atom stereocenters. The van der Waals surface area contributed by atoms with E-state index >= 15 is 0 Å². The van der Waals surface area contributed by atoms with E-state index < -0.39 is 17.7 Å². The number of amides is 1. The van der Waals surface area contributed by atoms with E-state index in [9.17, 15) is 18.0 Å². The number of nitrogens with two attached hydrogens (primary N) is 1. The quantitative estimate of drug-likeness (QED) is 0.717. The van der Waals surface area contributed by atoms with Crippen LogP contribution in [0, 0.1) is 17.5 Å². The predicted octanol–water partition coefficient (Wildman–Crippen LogP) is 4.59. The third-order valence-corrected chi connectivity index (χ3v) is 4.78. The van der Waals surface area contributed by atoms with Gasteiger partial charge in [-0.15, -0.1) is 0 Å². The molecule has 4 rings (SSSR count). The van der Waals surface area contributed by atoms with Gasteiger partial charge in [0.1, 0.15) is 23.6 Å². The van der Waals surface area contributed by atoms with Crippen LogP contribution in [0.15, 0.2) is 36.4 Å². The molecule has 1 aliphatic rings. The predicted molar refractivity (Wildman–Crippen MR) is 90.0 cm³/mol. The molecular weight excluding hydrogens is 345 g/mol. The molecule has 1 fully saturated rings. The number of fused-ring (bicyclic) bond motifs is 1. The third-order valence-electron chi connectivity index (χ3n) is 4.78. The molecule has 0 unspecified atom stereocenters. The second kappa shape index (κ2) is 6.09. The van der Waals surface area contributed by atoms with E-state index in [-0.39, 0.29) is 23.4 Å². The first kappa shape index (κ1) is 16.5. The summed E-state index contributed by atoms with van der Waals surface area (Å²) in [7, 11) is 0. The average molecular weight is 360 g/mol.